The van der Waals surface area contributed by atoms with Crippen LogP contribution >= 0.6 is 15.9 Å². The van der Waals surface area contributed by atoms with Gasteiger partial charge in [0.25, 0.3) is 5.91 Å². The number of halogens is 1. The fourth-order valence-electron chi connectivity index (χ4n) is 3.46. The number of ether oxygens (including phenoxy) is 1. The highest BCUT2D eigenvalue weighted by molar-refractivity contribution is 9.10. The number of hydrogen-bond donors (Lipinski definition) is 1. The molecular formula is C21H20BrN5O3. The van der Waals surface area contributed by atoms with Crippen LogP contribution in [0.5, 0.6) is 5.75 Å². The second-order valence-electron chi connectivity index (χ2n) is 6.74. The zero-order chi connectivity index (χ0) is 21.4. The molecule has 2 N–H and O–H groups in total. The summed E-state index contributed by atoms with van der Waals surface area (Å²) in [6, 6.07) is 10.9. The van der Waals surface area contributed by atoms with Crippen LogP contribution in [0.2, 0.25) is 0 Å². The second kappa shape index (κ2) is 7.92. The number of amides is 1. The van der Waals surface area contributed by atoms with E-state index in [4.69, 9.17) is 15.3 Å². The molecule has 0 aliphatic carbocycles. The first kappa shape index (κ1) is 20.1. The third-order valence-corrected chi connectivity index (χ3v) is 5.46. The van der Waals surface area contributed by atoms with E-state index in [2.05, 4.69) is 26.0 Å². The van der Waals surface area contributed by atoms with Crippen LogP contribution < -0.4 is 10.5 Å². The van der Waals surface area contributed by atoms with E-state index >= 15 is 0 Å². The largest absolute Gasteiger partial charge is 0.496 e. The molecule has 0 saturated heterocycles. The van der Waals surface area contributed by atoms with Crippen molar-refractivity contribution in [1.29, 1.82) is 0 Å². The van der Waals surface area contributed by atoms with Crippen molar-refractivity contribution in [2.45, 2.75) is 6.54 Å². The van der Waals surface area contributed by atoms with E-state index in [9.17, 15) is 4.79 Å². The Kier molecular flexibility index (Phi) is 5.31. The predicted octanol–water partition coefficient (Wildman–Crippen LogP) is 3.68. The van der Waals surface area contributed by atoms with E-state index in [1.165, 1.54) is 12.2 Å². The van der Waals surface area contributed by atoms with Crippen molar-refractivity contribution in [3.63, 3.8) is 0 Å². The molecule has 1 amide bonds. The maximum atomic E-state index is 13.2. The molecule has 0 fully saturated rings. The van der Waals surface area contributed by atoms with E-state index < -0.39 is 0 Å². The molecule has 0 saturated carbocycles. The van der Waals surface area contributed by atoms with Crippen LogP contribution in [-0.2, 0) is 18.4 Å². The topological polar surface area (TPSA) is 95.5 Å². The quantitative estimate of drug-likeness (QED) is 0.447. The Labute approximate surface area is 181 Å². The fraction of sp³-hybridized carbons (Fsp3) is 0.190. The van der Waals surface area contributed by atoms with Gasteiger partial charge in [-0.05, 0) is 30.3 Å². The Bertz CT molecular complexity index is 1270. The molecule has 4 rings (SSSR count). The van der Waals surface area contributed by atoms with Crippen LogP contribution in [0, 0.1) is 0 Å². The van der Waals surface area contributed by atoms with Crippen LogP contribution in [-0.4, -0.2) is 40.0 Å². The van der Waals surface area contributed by atoms with Gasteiger partial charge in [-0.3, -0.25) is 14.3 Å². The lowest BCUT2D eigenvalue weighted by Gasteiger charge is -2.21. The van der Waals surface area contributed by atoms with Gasteiger partial charge in [0.2, 0.25) is 0 Å². The molecule has 2 aromatic heterocycles. The fourth-order valence-corrected chi connectivity index (χ4v) is 3.80. The van der Waals surface area contributed by atoms with Gasteiger partial charge in [0.1, 0.15) is 11.6 Å². The lowest BCUT2D eigenvalue weighted by Crippen LogP contribution is -2.29. The minimum absolute atomic E-state index is 0.227. The number of methoxy groups -OCH3 is 1. The van der Waals surface area contributed by atoms with Gasteiger partial charge in [0.15, 0.2) is 0 Å². The number of carbonyl (C=O) groups is 1. The Hall–Kier alpha value is -3.17. The smallest absolute Gasteiger partial charge is 0.277 e. The van der Waals surface area contributed by atoms with E-state index in [1.807, 2.05) is 25.2 Å². The summed E-state index contributed by atoms with van der Waals surface area (Å²) in [4.78, 5) is 23.0. The number of nitrogens with two attached hydrogens (primary N) is 1. The molecule has 0 aliphatic rings. The van der Waals surface area contributed by atoms with E-state index in [0.29, 0.717) is 22.6 Å². The molecule has 154 valence electrons. The van der Waals surface area contributed by atoms with Crippen molar-refractivity contribution < 1.29 is 14.4 Å². The first-order valence-corrected chi connectivity index (χ1v) is 9.91. The normalized spacial score (nSPS) is 11.2. The molecule has 8 nitrogen and oxygen atoms in total. The van der Waals surface area contributed by atoms with Crippen molar-refractivity contribution in [2.75, 3.05) is 20.0 Å². The molecule has 0 atom stereocenters. The number of nitrogen functional groups attached to an aromatic ring is 1. The molecule has 4 aromatic rings. The van der Waals surface area contributed by atoms with Gasteiger partial charge in [-0.1, -0.05) is 22.0 Å². The second-order valence-corrected chi connectivity index (χ2v) is 7.66. The average Bonchev–Trinajstić information content (AvgIpc) is 3.14. The number of hydroxylamine groups is 2. The third kappa shape index (κ3) is 3.46. The van der Waals surface area contributed by atoms with Gasteiger partial charge in [-0.15, -0.1) is 0 Å². The van der Waals surface area contributed by atoms with Gasteiger partial charge in [0.05, 0.1) is 43.4 Å². The predicted molar refractivity (Wildman–Crippen MR) is 118 cm³/mol. The van der Waals surface area contributed by atoms with E-state index in [0.717, 1.165) is 26.3 Å². The minimum Gasteiger partial charge on any atom is -0.496 e. The van der Waals surface area contributed by atoms with Crippen LogP contribution in [0.1, 0.15) is 15.9 Å². The SMILES string of the molecule is COc1cc(Br)ccc1CN(OC)C(=O)c1ccc2nc(N)c3cnn(C)c3c2c1. The molecule has 0 unspecified atom stereocenters. The number of nitrogens with zero attached hydrogens (tertiary/aromatic N) is 4. The summed E-state index contributed by atoms with van der Waals surface area (Å²) < 4.78 is 8.04. The van der Waals surface area contributed by atoms with Crippen LogP contribution in [0.25, 0.3) is 21.8 Å². The molecular weight excluding hydrogens is 450 g/mol. The summed E-state index contributed by atoms with van der Waals surface area (Å²) in [5.41, 5.74) is 8.86. The molecule has 2 aromatic carbocycles. The standard InChI is InChI=1S/C21H20BrN5O3/c1-26-19-15-8-12(5-7-17(15)25-20(23)16(19)10-24-26)21(28)27(30-3)11-13-4-6-14(22)9-18(13)29-2/h4-10H,11H2,1-3H3,(H2,23,25). The maximum Gasteiger partial charge on any atom is 0.277 e. The van der Waals surface area contributed by atoms with Crippen LogP contribution in [0.15, 0.2) is 47.1 Å². The van der Waals surface area contributed by atoms with Gasteiger partial charge in [-0.25, -0.2) is 10.0 Å². The molecule has 2 heterocycles. The molecule has 0 spiro atoms. The van der Waals surface area contributed by atoms with Crippen molar-refractivity contribution in [3.8, 4) is 5.75 Å². The highest BCUT2D eigenvalue weighted by Crippen LogP contribution is 2.29. The van der Waals surface area contributed by atoms with E-state index in [1.54, 1.807) is 36.2 Å². The van der Waals surface area contributed by atoms with Crippen molar-refractivity contribution in [3.05, 3.63) is 58.2 Å². The number of aryl methyl sites for hydroxylation is 1. The van der Waals surface area contributed by atoms with Gasteiger partial charge in [0, 0.05) is 28.0 Å². The number of pyridine rings is 1. The van der Waals surface area contributed by atoms with Crippen molar-refractivity contribution in [1.82, 2.24) is 19.8 Å². The van der Waals surface area contributed by atoms with Gasteiger partial charge < -0.3 is 10.5 Å². The molecule has 9 heteroatoms. The summed E-state index contributed by atoms with van der Waals surface area (Å²) in [7, 11) is 4.88. The zero-order valence-corrected chi connectivity index (χ0v) is 18.3. The summed E-state index contributed by atoms with van der Waals surface area (Å²) >= 11 is 3.42. The Morgan fingerprint density at radius 3 is 2.73 bits per heavy atom. The molecule has 0 aliphatic heterocycles. The summed E-state index contributed by atoms with van der Waals surface area (Å²) in [5.74, 6) is 0.788. The monoisotopic (exact) mass is 469 g/mol. The maximum absolute atomic E-state index is 13.2. The summed E-state index contributed by atoms with van der Waals surface area (Å²) in [6.45, 7) is 0.227. The van der Waals surface area contributed by atoms with Crippen LogP contribution in [0.4, 0.5) is 5.82 Å². The average molecular weight is 470 g/mol. The first-order valence-electron chi connectivity index (χ1n) is 9.12. The Morgan fingerprint density at radius 1 is 1.20 bits per heavy atom. The number of anilines is 1. The van der Waals surface area contributed by atoms with Crippen LogP contribution in [0.3, 0.4) is 0 Å². The van der Waals surface area contributed by atoms with Crippen molar-refractivity contribution in [2.24, 2.45) is 7.05 Å². The Morgan fingerprint density at radius 2 is 2.00 bits per heavy atom. The molecule has 30 heavy (non-hydrogen) atoms. The first-order chi connectivity index (χ1) is 14.4. The van der Waals surface area contributed by atoms with E-state index in [-0.39, 0.29) is 12.5 Å². The lowest BCUT2D eigenvalue weighted by molar-refractivity contribution is -0.102. The number of fused-ring (bicyclic) bond motifs is 3. The highest BCUT2D eigenvalue weighted by atomic mass is 79.9. The zero-order valence-electron chi connectivity index (χ0n) is 16.7. The molecule has 0 radical (unpaired) electrons. The Balaban J connectivity index is 1.73. The van der Waals surface area contributed by atoms with Gasteiger partial charge >= 0.3 is 0 Å². The summed E-state index contributed by atoms with van der Waals surface area (Å²) in [5, 5.41) is 7.10. The highest BCUT2D eigenvalue weighted by Gasteiger charge is 2.20. The lowest BCUT2D eigenvalue weighted by atomic mass is 10.1. The molecule has 0 bridgehead atoms. The summed E-state index contributed by atoms with van der Waals surface area (Å²) in [6.07, 6.45) is 1.67. The van der Waals surface area contributed by atoms with Crippen molar-refractivity contribution >= 4 is 49.5 Å². The minimum atomic E-state index is -0.281. The third-order valence-electron chi connectivity index (χ3n) is 4.96. The number of carbonyl (C=O) groups excluding carboxylic acids is 1. The van der Waals surface area contributed by atoms with Gasteiger partial charge in [-0.2, -0.15) is 5.10 Å². The number of hydrogen-bond acceptors (Lipinski definition) is 6. The number of aromatic nitrogens is 3. The number of benzene rings is 2. The number of rotatable bonds is 5.